The SMILES string of the molecule is CCOC(=O)CN(c1ccc(Cl)cc1Cl)S(=O)(=O)c1ccc(Cl)cc1. The molecule has 25 heavy (non-hydrogen) atoms. The number of anilines is 1. The summed E-state index contributed by atoms with van der Waals surface area (Å²) in [6.07, 6.45) is 0. The van der Waals surface area contributed by atoms with Crippen molar-refractivity contribution in [3.05, 3.63) is 57.5 Å². The molecule has 0 bridgehead atoms. The Kier molecular flexibility index (Phi) is 6.57. The minimum absolute atomic E-state index is 0.0350. The Hall–Kier alpha value is -1.47. The second-order valence-corrected chi connectivity index (χ2v) is 8.01. The fourth-order valence-electron chi connectivity index (χ4n) is 2.04. The van der Waals surface area contributed by atoms with Gasteiger partial charge in [-0.05, 0) is 49.4 Å². The van der Waals surface area contributed by atoms with Gasteiger partial charge in [-0.15, -0.1) is 0 Å². The van der Waals surface area contributed by atoms with Crippen molar-refractivity contribution in [1.29, 1.82) is 0 Å². The van der Waals surface area contributed by atoms with E-state index in [2.05, 4.69) is 0 Å². The smallest absolute Gasteiger partial charge is 0.326 e. The third-order valence-electron chi connectivity index (χ3n) is 3.16. The molecule has 2 rings (SSSR count). The van der Waals surface area contributed by atoms with Crippen LogP contribution < -0.4 is 4.31 Å². The Labute approximate surface area is 161 Å². The van der Waals surface area contributed by atoms with Crippen molar-refractivity contribution >= 4 is 56.5 Å². The number of hydrogen-bond donors (Lipinski definition) is 0. The van der Waals surface area contributed by atoms with Crippen LogP contribution in [0.2, 0.25) is 15.1 Å². The third kappa shape index (κ3) is 4.79. The first-order chi connectivity index (χ1) is 11.8. The molecule has 0 aliphatic heterocycles. The van der Waals surface area contributed by atoms with Gasteiger partial charge >= 0.3 is 5.97 Å². The number of carbonyl (C=O) groups is 1. The summed E-state index contributed by atoms with van der Waals surface area (Å²) < 4.78 is 31.8. The predicted octanol–water partition coefficient (Wildman–Crippen LogP) is 4.41. The molecular weight excluding hydrogens is 409 g/mol. The van der Waals surface area contributed by atoms with E-state index in [0.29, 0.717) is 10.0 Å². The van der Waals surface area contributed by atoms with Gasteiger partial charge in [0.15, 0.2) is 0 Å². The number of rotatable bonds is 6. The first kappa shape index (κ1) is 19.8. The molecule has 0 heterocycles. The lowest BCUT2D eigenvalue weighted by molar-refractivity contribution is -0.141. The van der Waals surface area contributed by atoms with E-state index in [1.807, 2.05) is 0 Å². The van der Waals surface area contributed by atoms with Crippen molar-refractivity contribution in [3.8, 4) is 0 Å². The van der Waals surface area contributed by atoms with Gasteiger partial charge in [-0.3, -0.25) is 9.10 Å². The van der Waals surface area contributed by atoms with Crippen molar-refractivity contribution in [2.24, 2.45) is 0 Å². The van der Waals surface area contributed by atoms with E-state index in [1.54, 1.807) is 6.92 Å². The molecule has 2 aromatic carbocycles. The van der Waals surface area contributed by atoms with E-state index in [9.17, 15) is 13.2 Å². The summed E-state index contributed by atoms with van der Waals surface area (Å²) in [6.45, 7) is 1.23. The van der Waals surface area contributed by atoms with Gasteiger partial charge < -0.3 is 4.74 Å². The Morgan fingerprint density at radius 2 is 1.64 bits per heavy atom. The van der Waals surface area contributed by atoms with E-state index in [-0.39, 0.29) is 22.2 Å². The summed E-state index contributed by atoms with van der Waals surface area (Å²) in [4.78, 5) is 11.9. The summed E-state index contributed by atoms with van der Waals surface area (Å²) in [5, 5.41) is 0.823. The van der Waals surface area contributed by atoms with Crippen molar-refractivity contribution < 1.29 is 17.9 Å². The second kappa shape index (κ2) is 8.27. The summed E-state index contributed by atoms with van der Waals surface area (Å²) in [7, 11) is -4.07. The maximum Gasteiger partial charge on any atom is 0.326 e. The minimum atomic E-state index is -4.07. The molecule has 0 aliphatic carbocycles. The third-order valence-corrected chi connectivity index (χ3v) is 5.72. The highest BCUT2D eigenvalue weighted by molar-refractivity contribution is 7.92. The lowest BCUT2D eigenvalue weighted by atomic mass is 10.3. The normalized spacial score (nSPS) is 11.2. The van der Waals surface area contributed by atoms with Crippen LogP contribution in [0.1, 0.15) is 6.92 Å². The minimum Gasteiger partial charge on any atom is -0.465 e. The van der Waals surface area contributed by atoms with Crippen LogP contribution in [0.3, 0.4) is 0 Å². The molecule has 0 radical (unpaired) electrons. The molecule has 0 spiro atoms. The van der Waals surface area contributed by atoms with Crippen molar-refractivity contribution in [2.45, 2.75) is 11.8 Å². The van der Waals surface area contributed by atoms with Crippen LogP contribution in [0.15, 0.2) is 47.4 Å². The van der Waals surface area contributed by atoms with E-state index in [1.165, 1.54) is 42.5 Å². The lowest BCUT2D eigenvalue weighted by Crippen LogP contribution is -2.36. The Bertz CT molecular complexity index is 869. The fourth-order valence-corrected chi connectivity index (χ4v) is 4.16. The molecule has 2 aromatic rings. The number of ether oxygens (including phenoxy) is 1. The van der Waals surface area contributed by atoms with Gasteiger partial charge in [0.05, 0.1) is 22.2 Å². The molecule has 0 fully saturated rings. The number of carbonyl (C=O) groups excluding carboxylic acids is 1. The molecule has 0 saturated carbocycles. The van der Waals surface area contributed by atoms with Gasteiger partial charge in [0.1, 0.15) is 6.54 Å². The predicted molar refractivity (Wildman–Crippen MR) is 99.1 cm³/mol. The van der Waals surface area contributed by atoms with Crippen molar-refractivity contribution in [3.63, 3.8) is 0 Å². The average molecular weight is 423 g/mol. The highest BCUT2D eigenvalue weighted by atomic mass is 35.5. The first-order valence-corrected chi connectivity index (χ1v) is 9.72. The number of halogens is 3. The Balaban J connectivity index is 2.53. The van der Waals surface area contributed by atoms with Gasteiger partial charge in [-0.1, -0.05) is 34.8 Å². The van der Waals surface area contributed by atoms with Crippen molar-refractivity contribution in [2.75, 3.05) is 17.5 Å². The summed E-state index contributed by atoms with van der Waals surface area (Å²) >= 11 is 17.8. The summed E-state index contributed by atoms with van der Waals surface area (Å²) in [5.74, 6) is -0.703. The van der Waals surface area contributed by atoms with Crippen molar-refractivity contribution in [1.82, 2.24) is 0 Å². The quantitative estimate of drug-likeness (QED) is 0.647. The molecule has 0 unspecified atom stereocenters. The van der Waals surface area contributed by atoms with E-state index in [4.69, 9.17) is 39.5 Å². The molecule has 0 N–H and O–H groups in total. The highest BCUT2D eigenvalue weighted by Gasteiger charge is 2.29. The number of benzene rings is 2. The van der Waals surface area contributed by atoms with Crippen LogP contribution in [0.4, 0.5) is 5.69 Å². The number of nitrogens with zero attached hydrogens (tertiary/aromatic N) is 1. The van der Waals surface area contributed by atoms with Crippen LogP contribution in [-0.4, -0.2) is 27.5 Å². The van der Waals surface area contributed by atoms with Gasteiger partial charge in [-0.25, -0.2) is 8.42 Å². The van der Waals surface area contributed by atoms with Crippen LogP contribution in [-0.2, 0) is 19.6 Å². The average Bonchev–Trinajstić information content (AvgIpc) is 2.54. The summed E-state index contributed by atoms with van der Waals surface area (Å²) in [5.41, 5.74) is 0.120. The first-order valence-electron chi connectivity index (χ1n) is 7.14. The maximum atomic E-state index is 13.0. The maximum absolute atomic E-state index is 13.0. The van der Waals surface area contributed by atoms with Crippen LogP contribution >= 0.6 is 34.8 Å². The van der Waals surface area contributed by atoms with Crippen LogP contribution in [0.25, 0.3) is 0 Å². The molecular formula is C16H14Cl3NO4S. The Morgan fingerprint density at radius 3 is 2.20 bits per heavy atom. The molecule has 5 nitrogen and oxygen atoms in total. The zero-order chi connectivity index (χ0) is 18.6. The van der Waals surface area contributed by atoms with E-state index < -0.39 is 22.5 Å². The zero-order valence-corrected chi connectivity index (χ0v) is 16.2. The number of hydrogen-bond acceptors (Lipinski definition) is 4. The molecule has 0 amide bonds. The standard InChI is InChI=1S/C16H14Cl3NO4S/c1-2-24-16(21)10-20(15-8-5-12(18)9-14(15)19)25(22,23)13-6-3-11(17)4-7-13/h3-9H,2,10H2,1H3. The second-order valence-electron chi connectivity index (χ2n) is 4.87. The van der Waals surface area contributed by atoms with E-state index in [0.717, 1.165) is 4.31 Å². The van der Waals surface area contributed by atoms with E-state index >= 15 is 0 Å². The number of sulfonamides is 1. The fraction of sp³-hybridized carbons (Fsp3) is 0.188. The number of esters is 1. The molecule has 134 valence electrons. The molecule has 9 heteroatoms. The topological polar surface area (TPSA) is 63.7 Å². The van der Waals surface area contributed by atoms with Gasteiger partial charge in [0, 0.05) is 10.0 Å². The molecule has 0 aromatic heterocycles. The molecule has 0 aliphatic rings. The largest absolute Gasteiger partial charge is 0.465 e. The molecule has 0 saturated heterocycles. The summed E-state index contributed by atoms with van der Waals surface area (Å²) in [6, 6.07) is 9.89. The van der Waals surface area contributed by atoms with Crippen LogP contribution in [0.5, 0.6) is 0 Å². The van der Waals surface area contributed by atoms with Crippen LogP contribution in [0, 0.1) is 0 Å². The lowest BCUT2D eigenvalue weighted by Gasteiger charge is -2.24. The van der Waals surface area contributed by atoms with Gasteiger partial charge in [-0.2, -0.15) is 0 Å². The zero-order valence-electron chi connectivity index (χ0n) is 13.1. The van der Waals surface area contributed by atoms with Gasteiger partial charge in [0.2, 0.25) is 0 Å². The Morgan fingerprint density at radius 1 is 1.04 bits per heavy atom. The highest BCUT2D eigenvalue weighted by Crippen LogP contribution is 2.32. The monoisotopic (exact) mass is 421 g/mol. The van der Waals surface area contributed by atoms with Gasteiger partial charge in [0.25, 0.3) is 10.0 Å². The molecule has 0 atom stereocenters.